The summed E-state index contributed by atoms with van der Waals surface area (Å²) in [5, 5.41) is 9.51. The Morgan fingerprint density at radius 1 is 1.33 bits per heavy atom. The molecule has 78 valence electrons. The molecule has 1 nitrogen and oxygen atoms in total. The smallest absolute Gasteiger partial charge is 0.0568 e. The lowest BCUT2D eigenvalue weighted by Gasteiger charge is -2.11. The van der Waals surface area contributed by atoms with Crippen LogP contribution in [-0.2, 0) is 5.41 Å². The van der Waals surface area contributed by atoms with Crippen LogP contribution >= 0.6 is 0 Å². The third-order valence-electron chi connectivity index (χ3n) is 3.11. The summed E-state index contributed by atoms with van der Waals surface area (Å²) in [5.41, 5.74) is 2.49. The predicted octanol–water partition coefficient (Wildman–Crippen LogP) is 2.82. The molecule has 0 unspecified atom stereocenters. The van der Waals surface area contributed by atoms with E-state index in [1.54, 1.807) is 0 Å². The molecule has 1 heteroatoms. The Morgan fingerprint density at radius 2 is 2.07 bits per heavy atom. The normalized spacial score (nSPS) is 26.6. The lowest BCUT2D eigenvalue weighted by atomic mass is 9.96. The molecule has 1 aromatic carbocycles. The molecule has 1 N–H and O–H groups in total. The number of allylic oxidation sites excluding steroid dienone is 2. The number of aliphatic hydroxyl groups excluding tert-OH is 1. The minimum Gasteiger partial charge on any atom is -0.395 e. The van der Waals surface area contributed by atoms with Gasteiger partial charge in [-0.25, -0.2) is 0 Å². The molecule has 1 aliphatic rings. The molecule has 0 bridgehead atoms. The lowest BCUT2D eigenvalue weighted by Crippen LogP contribution is -2.12. The fraction of sp³-hybridized carbons (Fsp3) is 0.286. The first-order chi connectivity index (χ1) is 7.33. The Bertz CT molecular complexity index is 378. The van der Waals surface area contributed by atoms with Gasteiger partial charge in [0.25, 0.3) is 0 Å². The van der Waals surface area contributed by atoms with E-state index in [-0.39, 0.29) is 12.0 Å². The van der Waals surface area contributed by atoms with Gasteiger partial charge in [-0.05, 0) is 18.4 Å². The summed E-state index contributed by atoms with van der Waals surface area (Å²) in [7, 11) is 0. The molecular formula is C14H16O. The average molecular weight is 200 g/mol. The van der Waals surface area contributed by atoms with E-state index in [1.165, 1.54) is 11.1 Å². The van der Waals surface area contributed by atoms with E-state index in [0.717, 1.165) is 12.8 Å². The zero-order valence-corrected chi connectivity index (χ0v) is 8.82. The van der Waals surface area contributed by atoms with Crippen molar-refractivity contribution in [3.05, 3.63) is 60.2 Å². The highest BCUT2D eigenvalue weighted by Gasteiger charge is 2.49. The fourth-order valence-electron chi connectivity index (χ4n) is 2.07. The Hall–Kier alpha value is -1.34. The van der Waals surface area contributed by atoms with Crippen LogP contribution in [0.5, 0.6) is 0 Å². The SMILES string of the molecule is C=CC/C=C1\C[C@@]1(CO)c1ccccc1. The average Bonchev–Trinajstić information content (AvgIpc) is 3.03. The van der Waals surface area contributed by atoms with Crippen molar-refractivity contribution in [1.82, 2.24) is 0 Å². The molecule has 1 aromatic rings. The van der Waals surface area contributed by atoms with Crippen molar-refractivity contribution in [2.24, 2.45) is 0 Å². The van der Waals surface area contributed by atoms with Crippen molar-refractivity contribution in [1.29, 1.82) is 0 Å². The van der Waals surface area contributed by atoms with Crippen LogP contribution < -0.4 is 0 Å². The van der Waals surface area contributed by atoms with Gasteiger partial charge >= 0.3 is 0 Å². The molecule has 0 aromatic heterocycles. The highest BCUT2D eigenvalue weighted by molar-refractivity contribution is 5.50. The van der Waals surface area contributed by atoms with Crippen LogP contribution in [-0.4, -0.2) is 11.7 Å². The standard InChI is InChI=1S/C14H16O/c1-2-3-7-13-10-14(13,11-15)12-8-5-4-6-9-12/h2,4-9,15H,1,3,10-11H2/b13-7+/t14-/m1/s1. The van der Waals surface area contributed by atoms with E-state index in [2.05, 4.69) is 24.8 Å². The number of rotatable bonds is 4. The summed E-state index contributed by atoms with van der Waals surface area (Å²) in [6.07, 6.45) is 5.94. The van der Waals surface area contributed by atoms with Crippen LogP contribution in [0.15, 0.2) is 54.6 Å². The molecule has 1 fully saturated rings. The summed E-state index contributed by atoms with van der Waals surface area (Å²) in [4.78, 5) is 0. The van der Waals surface area contributed by atoms with E-state index in [1.807, 2.05) is 24.3 Å². The van der Waals surface area contributed by atoms with Gasteiger partial charge in [0.2, 0.25) is 0 Å². The van der Waals surface area contributed by atoms with Crippen molar-refractivity contribution < 1.29 is 5.11 Å². The zero-order valence-electron chi connectivity index (χ0n) is 8.82. The number of aliphatic hydroxyl groups is 1. The molecule has 0 amide bonds. The fourth-order valence-corrected chi connectivity index (χ4v) is 2.07. The quantitative estimate of drug-likeness (QED) is 0.741. The molecule has 0 spiro atoms. The van der Waals surface area contributed by atoms with Crippen LogP contribution in [0, 0.1) is 0 Å². The largest absolute Gasteiger partial charge is 0.395 e. The molecule has 1 saturated carbocycles. The topological polar surface area (TPSA) is 20.2 Å². The third kappa shape index (κ3) is 1.75. The molecule has 0 heterocycles. The van der Waals surface area contributed by atoms with Gasteiger partial charge in [-0.2, -0.15) is 0 Å². The number of hydrogen-bond acceptors (Lipinski definition) is 1. The van der Waals surface area contributed by atoms with Gasteiger partial charge in [0.05, 0.1) is 6.61 Å². The zero-order chi connectivity index (χ0) is 10.7. The monoisotopic (exact) mass is 200 g/mol. The van der Waals surface area contributed by atoms with E-state index >= 15 is 0 Å². The van der Waals surface area contributed by atoms with Crippen LogP contribution in [0.3, 0.4) is 0 Å². The Balaban J connectivity index is 2.24. The van der Waals surface area contributed by atoms with Crippen molar-refractivity contribution in [3.63, 3.8) is 0 Å². The maximum atomic E-state index is 9.51. The highest BCUT2D eigenvalue weighted by Crippen LogP contribution is 2.53. The second-order valence-corrected chi connectivity index (χ2v) is 4.04. The minimum atomic E-state index is -0.0791. The molecule has 1 atom stereocenters. The molecule has 2 rings (SSSR count). The molecule has 0 radical (unpaired) electrons. The van der Waals surface area contributed by atoms with Crippen molar-refractivity contribution in [2.45, 2.75) is 18.3 Å². The van der Waals surface area contributed by atoms with Gasteiger partial charge in [-0.1, -0.05) is 48.1 Å². The summed E-state index contributed by atoms with van der Waals surface area (Å²) in [6, 6.07) is 10.2. The van der Waals surface area contributed by atoms with Gasteiger partial charge in [0, 0.05) is 5.41 Å². The summed E-state index contributed by atoms with van der Waals surface area (Å²) in [5.74, 6) is 0. The lowest BCUT2D eigenvalue weighted by molar-refractivity contribution is 0.261. The first-order valence-electron chi connectivity index (χ1n) is 5.30. The predicted molar refractivity (Wildman–Crippen MR) is 62.7 cm³/mol. The van der Waals surface area contributed by atoms with E-state index < -0.39 is 0 Å². The van der Waals surface area contributed by atoms with Crippen LogP contribution in [0.25, 0.3) is 0 Å². The minimum absolute atomic E-state index is 0.0791. The van der Waals surface area contributed by atoms with E-state index in [4.69, 9.17) is 0 Å². The molecule has 15 heavy (non-hydrogen) atoms. The Morgan fingerprint density at radius 3 is 2.67 bits per heavy atom. The van der Waals surface area contributed by atoms with Gasteiger partial charge in [-0.15, -0.1) is 6.58 Å². The van der Waals surface area contributed by atoms with Crippen molar-refractivity contribution in [2.75, 3.05) is 6.61 Å². The van der Waals surface area contributed by atoms with Crippen molar-refractivity contribution >= 4 is 0 Å². The van der Waals surface area contributed by atoms with Crippen molar-refractivity contribution in [3.8, 4) is 0 Å². The molecular weight excluding hydrogens is 184 g/mol. The summed E-state index contributed by atoms with van der Waals surface area (Å²) < 4.78 is 0. The van der Waals surface area contributed by atoms with Crippen LogP contribution in [0.4, 0.5) is 0 Å². The third-order valence-corrected chi connectivity index (χ3v) is 3.11. The van der Waals surface area contributed by atoms with E-state index in [9.17, 15) is 5.11 Å². The summed E-state index contributed by atoms with van der Waals surface area (Å²) >= 11 is 0. The van der Waals surface area contributed by atoms with Crippen LogP contribution in [0.2, 0.25) is 0 Å². The maximum Gasteiger partial charge on any atom is 0.0568 e. The van der Waals surface area contributed by atoms with Gasteiger partial charge < -0.3 is 5.11 Å². The van der Waals surface area contributed by atoms with Gasteiger partial charge in [0.15, 0.2) is 0 Å². The van der Waals surface area contributed by atoms with E-state index in [0.29, 0.717) is 0 Å². The Labute approximate surface area is 90.8 Å². The molecule has 1 aliphatic carbocycles. The molecule has 0 aliphatic heterocycles. The second-order valence-electron chi connectivity index (χ2n) is 4.04. The first-order valence-corrected chi connectivity index (χ1v) is 5.30. The molecule has 0 saturated heterocycles. The first kappa shape index (κ1) is 10.2. The number of hydrogen-bond donors (Lipinski definition) is 1. The number of benzene rings is 1. The Kier molecular flexibility index (Phi) is 2.74. The second kappa shape index (κ2) is 4.03. The van der Waals surface area contributed by atoms with Crippen LogP contribution in [0.1, 0.15) is 18.4 Å². The maximum absolute atomic E-state index is 9.51. The van der Waals surface area contributed by atoms with Gasteiger partial charge in [0.1, 0.15) is 0 Å². The highest BCUT2D eigenvalue weighted by atomic mass is 16.3. The summed E-state index contributed by atoms with van der Waals surface area (Å²) in [6.45, 7) is 3.91. The van der Waals surface area contributed by atoms with Gasteiger partial charge in [-0.3, -0.25) is 0 Å².